The van der Waals surface area contributed by atoms with Gasteiger partial charge in [-0.15, -0.1) is 0 Å². The summed E-state index contributed by atoms with van der Waals surface area (Å²) < 4.78 is 21.1. The van der Waals surface area contributed by atoms with Crippen LogP contribution in [0, 0.1) is 4.77 Å². The van der Waals surface area contributed by atoms with Gasteiger partial charge in [0.05, 0.1) is 0 Å². The van der Waals surface area contributed by atoms with E-state index in [-0.39, 0.29) is 5.16 Å². The van der Waals surface area contributed by atoms with Gasteiger partial charge in [-0.05, 0) is 12.2 Å². The summed E-state index contributed by atoms with van der Waals surface area (Å²) in [5.41, 5.74) is 0. The molecule has 0 fully saturated rings. The maximum absolute atomic E-state index is 10.3. The van der Waals surface area contributed by atoms with E-state index >= 15 is 0 Å². The number of nitrogens with one attached hydrogen (secondary N) is 3. The Morgan fingerprint density at radius 1 is 1.40 bits per heavy atom. The van der Waals surface area contributed by atoms with Crippen LogP contribution < -0.4 is 0 Å². The molecule has 0 aliphatic heterocycles. The zero-order chi connectivity index (χ0) is 11.3. The van der Waals surface area contributed by atoms with Crippen molar-refractivity contribution in [2.24, 2.45) is 0 Å². The summed E-state index contributed by atoms with van der Waals surface area (Å²) in [5, 5.41) is 10.2. The van der Waals surface area contributed by atoms with E-state index in [1.54, 1.807) is 0 Å². The van der Waals surface area contributed by atoms with Crippen LogP contribution in [-0.4, -0.2) is 38.8 Å². The Morgan fingerprint density at radius 3 is 2.33 bits per heavy atom. The molecule has 0 bridgehead atoms. The molecule has 0 spiro atoms. The monoisotopic (exact) mass is 268 g/mol. The average molecular weight is 269 g/mol. The highest BCUT2D eigenvalue weighted by atomic mass is 35.7. The third kappa shape index (κ3) is 4.18. The summed E-state index contributed by atoms with van der Waals surface area (Å²) in [5.74, 6) is 0. The molecule has 2 aromatic heterocycles. The number of hydrogen-bond donors (Lipinski definition) is 3. The summed E-state index contributed by atoms with van der Waals surface area (Å²) in [6.45, 7) is 0. The van der Waals surface area contributed by atoms with E-state index in [4.69, 9.17) is 10.7 Å². The molecule has 3 N–H and O–H groups in total. The first kappa shape index (κ1) is 11.8. The Labute approximate surface area is 93.5 Å². The fourth-order valence-electron chi connectivity index (χ4n) is 0.529. The van der Waals surface area contributed by atoms with Crippen LogP contribution in [0.5, 0.6) is 0 Å². The van der Waals surface area contributed by atoms with E-state index in [2.05, 4.69) is 42.6 Å². The molecular formula is C4H5ClN6O2S2. The smallest absolute Gasteiger partial charge is 0.288 e. The molecule has 2 aromatic rings. The Morgan fingerprint density at radius 2 is 2.13 bits per heavy atom. The van der Waals surface area contributed by atoms with Crippen molar-refractivity contribution in [3.63, 3.8) is 0 Å². The topological polar surface area (TPSA) is 120 Å². The number of aromatic nitrogens is 6. The first-order chi connectivity index (χ1) is 7.00. The molecule has 0 aliphatic carbocycles. The van der Waals surface area contributed by atoms with Gasteiger partial charge in [0.1, 0.15) is 12.7 Å². The molecule has 11 heteroatoms. The zero-order valence-electron chi connectivity index (χ0n) is 7.01. The van der Waals surface area contributed by atoms with Crippen LogP contribution >= 0.6 is 22.9 Å². The van der Waals surface area contributed by atoms with Gasteiger partial charge in [-0.1, -0.05) is 0 Å². The van der Waals surface area contributed by atoms with Crippen molar-refractivity contribution in [3.8, 4) is 0 Å². The minimum atomic E-state index is -3.72. The fourth-order valence-corrected chi connectivity index (χ4v) is 1.20. The molecule has 0 unspecified atom stereocenters. The number of aromatic amines is 3. The summed E-state index contributed by atoms with van der Waals surface area (Å²) in [6.07, 6.45) is 2.57. The number of hydrogen-bond acceptors (Lipinski definition) is 6. The third-order valence-electron chi connectivity index (χ3n) is 1.05. The van der Waals surface area contributed by atoms with E-state index in [1.165, 1.54) is 6.33 Å². The number of rotatable bonds is 1. The Hall–Kier alpha value is -1.26. The first-order valence-electron chi connectivity index (χ1n) is 3.38. The predicted octanol–water partition coefficient (Wildman–Crippen LogP) is 0.199. The number of nitrogens with zero attached hydrogens (tertiary/aromatic N) is 3. The van der Waals surface area contributed by atoms with Gasteiger partial charge in [-0.3, -0.25) is 10.2 Å². The maximum atomic E-state index is 10.3. The quantitative estimate of drug-likeness (QED) is 0.502. The second-order valence-corrected chi connectivity index (χ2v) is 4.93. The minimum Gasteiger partial charge on any atom is -0.288 e. The van der Waals surface area contributed by atoms with E-state index < -0.39 is 9.05 Å². The molecule has 8 nitrogen and oxygen atoms in total. The van der Waals surface area contributed by atoms with Crippen LogP contribution in [0.2, 0.25) is 0 Å². The fraction of sp³-hybridized carbons (Fsp3) is 0. The van der Waals surface area contributed by atoms with Gasteiger partial charge in [0.2, 0.25) is 4.77 Å². The highest BCUT2D eigenvalue weighted by Gasteiger charge is 2.11. The molecule has 15 heavy (non-hydrogen) atoms. The molecule has 0 saturated carbocycles. The molecular weight excluding hydrogens is 264 g/mol. The molecule has 82 valence electrons. The Balaban J connectivity index is 0.000000162. The lowest BCUT2D eigenvalue weighted by Crippen LogP contribution is -1.92. The maximum Gasteiger partial charge on any atom is 0.296 e. The van der Waals surface area contributed by atoms with E-state index in [0.717, 1.165) is 6.33 Å². The van der Waals surface area contributed by atoms with Gasteiger partial charge in [-0.25, -0.2) is 23.5 Å². The predicted molar refractivity (Wildman–Crippen MR) is 53.2 cm³/mol. The van der Waals surface area contributed by atoms with E-state index in [1.807, 2.05) is 0 Å². The lowest BCUT2D eigenvalue weighted by Gasteiger charge is -1.81. The van der Waals surface area contributed by atoms with Crippen LogP contribution in [-0.2, 0) is 9.05 Å². The molecule has 0 radical (unpaired) electrons. The van der Waals surface area contributed by atoms with Crippen molar-refractivity contribution in [2.75, 3.05) is 0 Å². The lowest BCUT2D eigenvalue weighted by molar-refractivity contribution is 0.602. The Bertz CT molecular complexity index is 525. The Kier molecular flexibility index (Phi) is 3.94. The van der Waals surface area contributed by atoms with Gasteiger partial charge >= 0.3 is 0 Å². The molecule has 0 atom stereocenters. The summed E-state index contributed by atoms with van der Waals surface area (Å²) in [6, 6.07) is 0. The van der Waals surface area contributed by atoms with Crippen LogP contribution in [0.25, 0.3) is 0 Å². The van der Waals surface area contributed by atoms with Crippen LogP contribution in [0.3, 0.4) is 0 Å². The van der Waals surface area contributed by atoms with Crippen LogP contribution in [0.4, 0.5) is 0 Å². The normalized spacial score (nSPS) is 10.5. The minimum absolute atomic E-state index is 0.329. The second kappa shape index (κ2) is 5.00. The SMILES string of the molecule is O=S(=O)(Cl)c1ncn[nH]1.S=c1nc[nH][nH]1. The summed E-state index contributed by atoms with van der Waals surface area (Å²) in [4.78, 5) is 6.92. The summed E-state index contributed by atoms with van der Waals surface area (Å²) >= 11 is 4.55. The first-order valence-corrected chi connectivity index (χ1v) is 6.10. The number of H-pyrrole nitrogens is 3. The molecule has 0 amide bonds. The van der Waals surface area contributed by atoms with Crippen molar-refractivity contribution in [1.29, 1.82) is 0 Å². The lowest BCUT2D eigenvalue weighted by atomic mass is 11.3. The molecule has 0 saturated heterocycles. The zero-order valence-corrected chi connectivity index (χ0v) is 9.40. The number of halogens is 1. The second-order valence-electron chi connectivity index (χ2n) is 2.06. The van der Waals surface area contributed by atoms with Gasteiger partial charge in [0, 0.05) is 10.7 Å². The van der Waals surface area contributed by atoms with Crippen molar-refractivity contribution in [1.82, 2.24) is 30.4 Å². The average Bonchev–Trinajstić information content (AvgIpc) is 2.73. The molecule has 2 rings (SSSR count). The van der Waals surface area contributed by atoms with Crippen LogP contribution in [0.1, 0.15) is 0 Å². The summed E-state index contributed by atoms with van der Waals surface area (Å²) in [7, 11) is 1.12. The molecule has 0 aromatic carbocycles. The van der Waals surface area contributed by atoms with Crippen molar-refractivity contribution >= 4 is 32.0 Å². The van der Waals surface area contributed by atoms with E-state index in [9.17, 15) is 8.42 Å². The molecule has 2 heterocycles. The van der Waals surface area contributed by atoms with Crippen molar-refractivity contribution in [2.45, 2.75) is 5.16 Å². The van der Waals surface area contributed by atoms with Gasteiger partial charge < -0.3 is 0 Å². The van der Waals surface area contributed by atoms with Gasteiger partial charge in [0.15, 0.2) is 0 Å². The highest BCUT2D eigenvalue weighted by molar-refractivity contribution is 8.13. The third-order valence-corrected chi connectivity index (χ3v) is 2.35. The largest absolute Gasteiger partial charge is 0.296 e. The van der Waals surface area contributed by atoms with Crippen molar-refractivity contribution < 1.29 is 8.42 Å². The van der Waals surface area contributed by atoms with Gasteiger partial charge in [0.25, 0.3) is 14.2 Å². The molecule has 0 aliphatic rings. The van der Waals surface area contributed by atoms with E-state index in [0.29, 0.717) is 4.77 Å². The van der Waals surface area contributed by atoms with Crippen LogP contribution in [0.15, 0.2) is 17.8 Å². The van der Waals surface area contributed by atoms with Gasteiger partial charge in [-0.2, -0.15) is 5.10 Å². The standard InChI is InChI=1S/C2H2ClN3O2S.C2H3N3S/c3-9(7,8)2-4-1-5-6-2;6-2-3-1-4-5-2/h1H,(H,4,5,6);1H,(H2,3,4,5,6). The van der Waals surface area contributed by atoms with Crippen molar-refractivity contribution in [3.05, 3.63) is 17.4 Å². The highest BCUT2D eigenvalue weighted by Crippen LogP contribution is 2.05.